The first-order valence-electron chi connectivity index (χ1n) is 10.5. The van der Waals surface area contributed by atoms with Gasteiger partial charge in [0.05, 0.1) is 0 Å². The highest BCUT2D eigenvalue weighted by Crippen LogP contribution is 2.18. The van der Waals surface area contributed by atoms with Crippen LogP contribution in [-0.2, 0) is 14.4 Å². The normalized spacial score (nSPS) is 11.0. The molecule has 31 heavy (non-hydrogen) atoms. The Labute approximate surface area is 184 Å². The van der Waals surface area contributed by atoms with E-state index >= 15 is 0 Å². The lowest BCUT2D eigenvalue weighted by molar-refractivity contribution is -0.125. The van der Waals surface area contributed by atoms with Crippen molar-refractivity contribution in [3.05, 3.63) is 53.7 Å². The van der Waals surface area contributed by atoms with Crippen molar-refractivity contribution < 1.29 is 14.4 Å². The van der Waals surface area contributed by atoms with Crippen molar-refractivity contribution in [2.75, 3.05) is 16.8 Å². The number of benzene rings is 1. The van der Waals surface area contributed by atoms with Gasteiger partial charge >= 0.3 is 0 Å². The van der Waals surface area contributed by atoms with E-state index in [9.17, 15) is 14.4 Å². The van der Waals surface area contributed by atoms with Gasteiger partial charge in [0.2, 0.25) is 17.7 Å². The van der Waals surface area contributed by atoms with Crippen LogP contribution in [0.1, 0.15) is 51.2 Å². The lowest BCUT2D eigenvalue weighted by Crippen LogP contribution is -2.48. The number of rotatable bonds is 9. The van der Waals surface area contributed by atoms with Gasteiger partial charge in [-0.25, -0.2) is 4.98 Å². The van der Waals surface area contributed by atoms with Crippen LogP contribution in [0.25, 0.3) is 0 Å². The van der Waals surface area contributed by atoms with E-state index in [1.807, 2.05) is 58.9 Å². The predicted octanol–water partition coefficient (Wildman–Crippen LogP) is 3.76. The number of carbonyl (C=O) groups excluding carboxylic acids is 3. The van der Waals surface area contributed by atoms with E-state index in [-0.39, 0.29) is 42.6 Å². The fraction of sp³-hybridized carbons (Fsp3) is 0.417. The second-order valence-corrected chi connectivity index (χ2v) is 8.37. The highest BCUT2D eigenvalue weighted by atomic mass is 16.2. The third-order valence-electron chi connectivity index (χ3n) is 5.03. The van der Waals surface area contributed by atoms with Crippen LogP contribution in [0.5, 0.6) is 0 Å². The third kappa shape index (κ3) is 7.85. The number of pyridine rings is 1. The predicted molar refractivity (Wildman–Crippen MR) is 123 cm³/mol. The summed E-state index contributed by atoms with van der Waals surface area (Å²) in [6.07, 6.45) is 2.37. The lowest BCUT2D eigenvalue weighted by atomic mass is 10.0. The van der Waals surface area contributed by atoms with Gasteiger partial charge in [-0.05, 0) is 69.5 Å². The Kier molecular flexibility index (Phi) is 8.30. The minimum Gasteiger partial charge on any atom is -0.350 e. The number of nitrogens with one attached hydrogen (secondary N) is 2. The van der Waals surface area contributed by atoms with Crippen LogP contribution in [0.3, 0.4) is 0 Å². The van der Waals surface area contributed by atoms with Gasteiger partial charge in [0.1, 0.15) is 12.4 Å². The van der Waals surface area contributed by atoms with Crippen LogP contribution in [0.2, 0.25) is 0 Å². The average molecular weight is 425 g/mol. The number of hydrogen-bond acceptors (Lipinski definition) is 4. The van der Waals surface area contributed by atoms with Crippen molar-refractivity contribution in [1.82, 2.24) is 10.3 Å². The molecule has 0 bridgehead atoms. The monoisotopic (exact) mass is 424 g/mol. The summed E-state index contributed by atoms with van der Waals surface area (Å²) >= 11 is 0. The Bertz CT molecular complexity index is 940. The molecule has 0 aliphatic rings. The number of hydrogen-bond donors (Lipinski definition) is 2. The van der Waals surface area contributed by atoms with Crippen LogP contribution in [0, 0.1) is 13.8 Å². The number of aromatic nitrogens is 1. The lowest BCUT2D eigenvalue weighted by Gasteiger charge is -2.28. The molecule has 166 valence electrons. The molecule has 0 aliphatic carbocycles. The molecule has 0 fully saturated rings. The standard InChI is InChI=1S/C24H32N4O3/c1-6-24(4,5)27-22(30)16-28(19-9-7-8-17(2)14-19)23(31)11-10-21(29)26-20-15-18(3)12-13-25-20/h7-9,12-15H,6,10-11,16H2,1-5H3,(H,27,30)(H,25,26,29). The van der Waals surface area contributed by atoms with Crippen LogP contribution >= 0.6 is 0 Å². The van der Waals surface area contributed by atoms with E-state index in [4.69, 9.17) is 0 Å². The van der Waals surface area contributed by atoms with Gasteiger partial charge in [0, 0.05) is 30.3 Å². The summed E-state index contributed by atoms with van der Waals surface area (Å²) in [6.45, 7) is 9.60. The molecular weight excluding hydrogens is 392 g/mol. The molecule has 7 nitrogen and oxygen atoms in total. The summed E-state index contributed by atoms with van der Waals surface area (Å²) in [5.41, 5.74) is 2.23. The van der Waals surface area contributed by atoms with Gasteiger partial charge in [-0.3, -0.25) is 14.4 Å². The molecule has 0 radical (unpaired) electrons. The molecule has 0 saturated heterocycles. The minimum atomic E-state index is -0.362. The first-order valence-corrected chi connectivity index (χ1v) is 10.5. The maximum atomic E-state index is 13.0. The van der Waals surface area contributed by atoms with Gasteiger partial charge in [0.25, 0.3) is 0 Å². The molecule has 1 aromatic carbocycles. The van der Waals surface area contributed by atoms with Crippen molar-refractivity contribution in [3.8, 4) is 0 Å². The van der Waals surface area contributed by atoms with E-state index in [1.54, 1.807) is 18.3 Å². The van der Waals surface area contributed by atoms with Crippen molar-refractivity contribution >= 4 is 29.2 Å². The number of aryl methyl sites for hydroxylation is 2. The molecule has 0 atom stereocenters. The fourth-order valence-electron chi connectivity index (χ4n) is 2.93. The summed E-state index contributed by atoms with van der Waals surface area (Å²) in [5.74, 6) is -0.376. The van der Waals surface area contributed by atoms with E-state index in [0.717, 1.165) is 17.5 Å². The quantitative estimate of drug-likeness (QED) is 0.641. The molecule has 7 heteroatoms. The summed E-state index contributed by atoms with van der Waals surface area (Å²) in [5, 5.41) is 5.66. The molecule has 1 heterocycles. The topological polar surface area (TPSA) is 91.4 Å². The van der Waals surface area contributed by atoms with Crippen molar-refractivity contribution in [2.24, 2.45) is 0 Å². The molecule has 2 aromatic rings. The van der Waals surface area contributed by atoms with Crippen molar-refractivity contribution in [3.63, 3.8) is 0 Å². The van der Waals surface area contributed by atoms with E-state index in [2.05, 4.69) is 15.6 Å². The van der Waals surface area contributed by atoms with Crippen LogP contribution in [-0.4, -0.2) is 34.8 Å². The zero-order valence-electron chi connectivity index (χ0n) is 19.0. The van der Waals surface area contributed by atoms with E-state index in [0.29, 0.717) is 11.5 Å². The van der Waals surface area contributed by atoms with E-state index < -0.39 is 0 Å². The van der Waals surface area contributed by atoms with Crippen LogP contribution in [0.15, 0.2) is 42.6 Å². The Balaban J connectivity index is 2.07. The summed E-state index contributed by atoms with van der Waals surface area (Å²) in [4.78, 5) is 43.4. The SMILES string of the molecule is CCC(C)(C)NC(=O)CN(C(=O)CCC(=O)Nc1cc(C)ccn1)c1cccc(C)c1. The van der Waals surface area contributed by atoms with Gasteiger partial charge in [-0.2, -0.15) is 0 Å². The number of anilines is 2. The molecule has 0 unspecified atom stereocenters. The Morgan fingerprint density at radius 1 is 1.00 bits per heavy atom. The molecule has 2 N–H and O–H groups in total. The molecule has 1 aromatic heterocycles. The molecular formula is C24H32N4O3. The zero-order chi connectivity index (χ0) is 23.0. The molecule has 0 aliphatic heterocycles. The second kappa shape index (κ2) is 10.7. The van der Waals surface area contributed by atoms with E-state index in [1.165, 1.54) is 4.90 Å². The van der Waals surface area contributed by atoms with Crippen molar-refractivity contribution in [2.45, 2.75) is 59.4 Å². The van der Waals surface area contributed by atoms with Gasteiger partial charge in [-0.1, -0.05) is 19.1 Å². The zero-order valence-corrected chi connectivity index (χ0v) is 19.0. The van der Waals surface area contributed by atoms with Crippen LogP contribution < -0.4 is 15.5 Å². The second-order valence-electron chi connectivity index (χ2n) is 8.37. The fourth-order valence-corrected chi connectivity index (χ4v) is 2.93. The summed E-state index contributed by atoms with van der Waals surface area (Å²) in [6, 6.07) is 11.0. The summed E-state index contributed by atoms with van der Waals surface area (Å²) < 4.78 is 0. The first kappa shape index (κ1) is 24.1. The van der Waals surface area contributed by atoms with Gasteiger partial charge in [-0.15, -0.1) is 0 Å². The first-order chi connectivity index (χ1) is 14.6. The van der Waals surface area contributed by atoms with Crippen molar-refractivity contribution in [1.29, 1.82) is 0 Å². The number of carbonyl (C=O) groups is 3. The highest BCUT2D eigenvalue weighted by Gasteiger charge is 2.24. The Morgan fingerprint density at radius 2 is 1.71 bits per heavy atom. The number of nitrogens with zero attached hydrogens (tertiary/aromatic N) is 2. The van der Waals surface area contributed by atoms with Gasteiger partial charge < -0.3 is 15.5 Å². The Hall–Kier alpha value is -3.22. The largest absolute Gasteiger partial charge is 0.350 e. The molecule has 3 amide bonds. The minimum absolute atomic E-state index is 0.00115. The third-order valence-corrected chi connectivity index (χ3v) is 5.03. The Morgan fingerprint density at radius 3 is 2.35 bits per heavy atom. The summed E-state index contributed by atoms with van der Waals surface area (Å²) in [7, 11) is 0. The van der Waals surface area contributed by atoms with Gasteiger partial charge in [0.15, 0.2) is 0 Å². The molecule has 2 rings (SSSR count). The maximum Gasteiger partial charge on any atom is 0.240 e. The molecule has 0 saturated carbocycles. The maximum absolute atomic E-state index is 13.0. The molecule has 0 spiro atoms. The average Bonchev–Trinajstić information content (AvgIpc) is 2.70. The smallest absolute Gasteiger partial charge is 0.240 e. The highest BCUT2D eigenvalue weighted by molar-refractivity contribution is 6.01. The van der Waals surface area contributed by atoms with Crippen LogP contribution in [0.4, 0.5) is 11.5 Å². The number of amides is 3.